The molecular formula is C38H49F2N3O4. The first-order valence-corrected chi connectivity index (χ1v) is 14.9. The van der Waals surface area contributed by atoms with Gasteiger partial charge in [-0.25, -0.2) is 8.78 Å². The standard InChI is InChI=1S/C18H20FNO2.C17H19FN2O2.C2H6.CH4/c1-11(9-17(21)22-4)14-5-6-20-16(10-14)18-12(2)7-15(19)8-13(18)3;1-10-6-13(18)7-11(2)17(10)15-8-12(4-5-20-15)14(19)9-16(21)22-3;1-2;/h5-8,10-11H,9H2,1-4H3;4-8,14H,9,19H2,1-3H3;1-2H3;1H4/i;;1D;. The lowest BCUT2D eigenvalue weighted by Crippen LogP contribution is -2.16. The van der Waals surface area contributed by atoms with E-state index in [0.29, 0.717) is 19.0 Å². The summed E-state index contributed by atoms with van der Waals surface area (Å²) in [6, 6.07) is 13.0. The third-order valence-electron chi connectivity index (χ3n) is 7.39. The van der Waals surface area contributed by atoms with Crippen molar-refractivity contribution in [3.05, 3.63) is 106 Å². The molecule has 2 aromatic heterocycles. The summed E-state index contributed by atoms with van der Waals surface area (Å²) in [5.41, 5.74) is 14.5. The van der Waals surface area contributed by atoms with Gasteiger partial charge >= 0.3 is 11.9 Å². The van der Waals surface area contributed by atoms with E-state index in [-0.39, 0.29) is 43.3 Å². The number of nitrogens with two attached hydrogens (primary N) is 1. The van der Waals surface area contributed by atoms with Gasteiger partial charge in [0, 0.05) is 30.9 Å². The lowest BCUT2D eigenvalue weighted by molar-refractivity contribution is -0.141. The van der Waals surface area contributed by atoms with Crippen molar-refractivity contribution in [3.63, 3.8) is 0 Å². The molecule has 0 fully saturated rings. The summed E-state index contributed by atoms with van der Waals surface area (Å²) < 4.78 is 42.4. The average molecular weight is 651 g/mol. The average Bonchev–Trinajstić information content (AvgIpc) is 3.01. The normalized spacial score (nSPS) is 11.7. The number of hydrogen-bond acceptors (Lipinski definition) is 7. The predicted molar refractivity (Wildman–Crippen MR) is 185 cm³/mol. The Morgan fingerprint density at radius 2 is 1.13 bits per heavy atom. The topological polar surface area (TPSA) is 104 Å². The number of rotatable bonds is 8. The van der Waals surface area contributed by atoms with Crippen LogP contribution in [-0.2, 0) is 19.1 Å². The lowest BCUT2D eigenvalue weighted by atomic mass is 9.94. The highest BCUT2D eigenvalue weighted by atomic mass is 19.1. The summed E-state index contributed by atoms with van der Waals surface area (Å²) in [7, 11) is 2.72. The maximum Gasteiger partial charge on any atom is 0.307 e. The molecule has 0 bridgehead atoms. The van der Waals surface area contributed by atoms with Crippen LogP contribution in [0.25, 0.3) is 22.5 Å². The lowest BCUT2D eigenvalue weighted by Gasteiger charge is -2.14. The van der Waals surface area contributed by atoms with Gasteiger partial charge in [-0.2, -0.15) is 0 Å². The zero-order valence-corrected chi connectivity index (χ0v) is 27.9. The quantitative estimate of drug-likeness (QED) is 0.190. The Morgan fingerprint density at radius 1 is 0.766 bits per heavy atom. The molecule has 0 aliphatic carbocycles. The summed E-state index contributed by atoms with van der Waals surface area (Å²) in [4.78, 5) is 31.5. The van der Waals surface area contributed by atoms with Crippen LogP contribution in [0.15, 0.2) is 60.9 Å². The third kappa shape index (κ3) is 11.4. The number of ether oxygens (including phenoxy) is 2. The van der Waals surface area contributed by atoms with Crippen LogP contribution in [0, 0.1) is 39.3 Å². The van der Waals surface area contributed by atoms with Gasteiger partial charge in [0.25, 0.3) is 0 Å². The summed E-state index contributed by atoms with van der Waals surface area (Å²) >= 11 is 0. The number of halogens is 2. The molecule has 0 saturated heterocycles. The van der Waals surface area contributed by atoms with Crippen molar-refractivity contribution in [2.75, 3.05) is 14.2 Å². The number of methoxy groups -OCH3 is 2. The zero-order valence-electron chi connectivity index (χ0n) is 28.9. The van der Waals surface area contributed by atoms with Gasteiger partial charge in [-0.1, -0.05) is 28.2 Å². The van der Waals surface area contributed by atoms with E-state index in [4.69, 9.17) is 11.8 Å². The van der Waals surface area contributed by atoms with Gasteiger partial charge in [-0.05, 0) is 116 Å². The molecule has 4 rings (SSSR count). The highest BCUT2D eigenvalue weighted by Crippen LogP contribution is 2.30. The molecule has 2 N–H and O–H groups in total. The molecule has 0 aliphatic rings. The Bertz CT molecular complexity index is 1500. The molecule has 4 aromatic rings. The smallest absolute Gasteiger partial charge is 0.307 e. The Balaban J connectivity index is 0.000000435. The van der Waals surface area contributed by atoms with Crippen molar-refractivity contribution in [2.24, 2.45) is 5.73 Å². The largest absolute Gasteiger partial charge is 0.469 e. The van der Waals surface area contributed by atoms with Gasteiger partial charge in [-0.3, -0.25) is 19.6 Å². The first kappa shape index (κ1) is 38.7. The maximum atomic E-state index is 13.4. The fraction of sp³-hybridized carbons (Fsp3) is 0.368. The van der Waals surface area contributed by atoms with E-state index >= 15 is 0 Å². The van der Waals surface area contributed by atoms with Crippen LogP contribution in [0.1, 0.15) is 87.7 Å². The number of benzene rings is 2. The molecule has 9 heteroatoms. The number of carbonyl (C=O) groups excluding carboxylic acids is 2. The molecule has 2 heterocycles. The van der Waals surface area contributed by atoms with Gasteiger partial charge in [0.2, 0.25) is 0 Å². The van der Waals surface area contributed by atoms with Gasteiger partial charge in [0.05, 0.1) is 38.4 Å². The van der Waals surface area contributed by atoms with Gasteiger partial charge in [0.1, 0.15) is 11.6 Å². The number of esters is 2. The van der Waals surface area contributed by atoms with E-state index in [0.717, 1.165) is 50.2 Å². The van der Waals surface area contributed by atoms with Crippen LogP contribution in [-0.4, -0.2) is 36.1 Å². The highest BCUT2D eigenvalue weighted by molar-refractivity contribution is 5.72. The highest BCUT2D eigenvalue weighted by Gasteiger charge is 2.16. The molecule has 0 aliphatic heterocycles. The fourth-order valence-corrected chi connectivity index (χ4v) is 5.17. The summed E-state index contributed by atoms with van der Waals surface area (Å²) in [5, 5.41) is 0. The summed E-state index contributed by atoms with van der Waals surface area (Å²) in [6.45, 7) is 11.7. The predicted octanol–water partition coefficient (Wildman–Crippen LogP) is 8.90. The van der Waals surface area contributed by atoms with E-state index in [1.807, 2.05) is 52.8 Å². The Morgan fingerprint density at radius 3 is 1.53 bits per heavy atom. The van der Waals surface area contributed by atoms with Gasteiger partial charge in [-0.15, -0.1) is 0 Å². The van der Waals surface area contributed by atoms with E-state index in [1.165, 1.54) is 38.5 Å². The summed E-state index contributed by atoms with van der Waals surface area (Å²) in [5.74, 6) is -1.07. The number of nitrogens with zero attached hydrogens (tertiary/aromatic N) is 2. The first-order valence-electron chi connectivity index (χ1n) is 15.6. The molecule has 7 nitrogen and oxygen atoms in total. The van der Waals surface area contributed by atoms with E-state index < -0.39 is 6.04 Å². The molecule has 0 radical (unpaired) electrons. The zero-order chi connectivity index (χ0) is 35.3. The van der Waals surface area contributed by atoms with E-state index in [2.05, 4.69) is 14.7 Å². The minimum atomic E-state index is -0.463. The monoisotopic (exact) mass is 650 g/mol. The van der Waals surface area contributed by atoms with Gasteiger partial charge < -0.3 is 15.2 Å². The van der Waals surface area contributed by atoms with Crippen molar-refractivity contribution in [1.82, 2.24) is 9.97 Å². The van der Waals surface area contributed by atoms with Crippen LogP contribution in [0.5, 0.6) is 0 Å². The molecule has 2 atom stereocenters. The van der Waals surface area contributed by atoms with Crippen LogP contribution < -0.4 is 5.73 Å². The molecule has 0 spiro atoms. The number of aryl methyl sites for hydroxylation is 4. The molecular weight excluding hydrogens is 600 g/mol. The Kier molecular flexibility index (Phi) is 15.8. The van der Waals surface area contributed by atoms with Gasteiger partial charge in [0.15, 0.2) is 0 Å². The van der Waals surface area contributed by atoms with E-state index in [1.54, 1.807) is 25.4 Å². The Labute approximate surface area is 280 Å². The molecule has 0 saturated carbocycles. The third-order valence-corrected chi connectivity index (χ3v) is 7.39. The number of pyridine rings is 2. The van der Waals surface area contributed by atoms with Crippen molar-refractivity contribution >= 4 is 11.9 Å². The molecule has 47 heavy (non-hydrogen) atoms. The number of hydrogen-bond donors (Lipinski definition) is 1. The number of carbonyl (C=O) groups is 2. The second-order valence-corrected chi connectivity index (χ2v) is 10.8. The van der Waals surface area contributed by atoms with Crippen LogP contribution in [0.4, 0.5) is 8.78 Å². The molecule has 2 aromatic carbocycles. The maximum absolute atomic E-state index is 13.4. The van der Waals surface area contributed by atoms with Crippen molar-refractivity contribution < 1.29 is 29.2 Å². The fourth-order valence-electron chi connectivity index (χ4n) is 5.17. The second kappa shape index (κ2) is 19.2. The first-order chi connectivity index (χ1) is 22.3. The van der Waals surface area contributed by atoms with Crippen molar-refractivity contribution in [3.8, 4) is 22.5 Å². The van der Waals surface area contributed by atoms with Crippen molar-refractivity contribution in [2.45, 2.75) is 80.7 Å². The second-order valence-electron chi connectivity index (χ2n) is 10.8. The molecule has 254 valence electrons. The minimum absolute atomic E-state index is 0. The van der Waals surface area contributed by atoms with Crippen LogP contribution in [0.2, 0.25) is 0 Å². The van der Waals surface area contributed by atoms with E-state index in [9.17, 15) is 18.4 Å². The molecule has 0 amide bonds. The summed E-state index contributed by atoms with van der Waals surface area (Å²) in [6.07, 6.45) is 3.79. The van der Waals surface area contributed by atoms with Crippen LogP contribution in [0.3, 0.4) is 0 Å². The van der Waals surface area contributed by atoms with Crippen LogP contribution >= 0.6 is 0 Å². The SMILES string of the molecule is C.COC(=O)CC(C)c1ccnc(-c2c(C)cc(F)cc2C)c1.COC(=O)CC(N)c1ccnc(-c2c(C)cc(F)cc2C)c1.[2H]CC. The molecule has 2 unspecified atom stereocenters. The Hall–Kier alpha value is -4.50. The van der Waals surface area contributed by atoms with Crippen molar-refractivity contribution in [1.29, 1.82) is 0 Å². The minimum Gasteiger partial charge on any atom is -0.469 e. The number of aromatic nitrogens is 2.